The van der Waals surface area contributed by atoms with Gasteiger partial charge in [0, 0.05) is 13.6 Å². The molecule has 1 rings (SSSR count). The Hall–Kier alpha value is -0.950. The molecule has 5 nitrogen and oxygen atoms in total. The number of nitrogens with zero attached hydrogens (tertiary/aromatic N) is 1. The van der Waals surface area contributed by atoms with Gasteiger partial charge < -0.3 is 0 Å². The second-order valence-electron chi connectivity index (χ2n) is 4.04. The molecule has 0 aliphatic carbocycles. The third-order valence-corrected chi connectivity index (χ3v) is 3.81. The number of unbranched alkanes of at least 4 members (excludes halogenated alkanes) is 1. The molecule has 0 bridgehead atoms. The molecule has 0 aromatic heterocycles. The number of nitrogens with one attached hydrogen (secondary N) is 1. The maximum absolute atomic E-state index is 11.7. The van der Waals surface area contributed by atoms with Crippen LogP contribution in [0, 0.1) is 0 Å². The van der Waals surface area contributed by atoms with Gasteiger partial charge in [0.15, 0.2) is 0 Å². The molecule has 0 atom stereocenters. The van der Waals surface area contributed by atoms with Crippen molar-refractivity contribution >= 4 is 10.2 Å². The molecule has 0 heterocycles. The van der Waals surface area contributed by atoms with Crippen LogP contribution < -0.4 is 4.89 Å². The minimum Gasteiger partial charge on any atom is -0.281 e. The van der Waals surface area contributed by atoms with E-state index >= 15 is 0 Å². The van der Waals surface area contributed by atoms with Gasteiger partial charge in [0.05, 0.1) is 6.61 Å². The quantitative estimate of drug-likeness (QED) is 0.733. The fourth-order valence-corrected chi connectivity index (χ4v) is 2.03. The SMILES string of the molecule is CCCCN(C)S(=O)(=O)NOCc1ccccc1. The zero-order valence-corrected chi connectivity index (χ0v) is 11.6. The molecule has 0 aliphatic heterocycles. The largest absolute Gasteiger partial charge is 0.301 e. The Balaban J connectivity index is 2.38. The van der Waals surface area contributed by atoms with Crippen LogP contribution in [-0.2, 0) is 21.7 Å². The Labute approximate surface area is 109 Å². The molecule has 6 heteroatoms. The first-order valence-electron chi connectivity index (χ1n) is 5.95. The second kappa shape index (κ2) is 7.48. The Bertz CT molecular complexity index is 434. The van der Waals surface area contributed by atoms with E-state index in [2.05, 4.69) is 4.89 Å². The monoisotopic (exact) mass is 272 g/mol. The summed E-state index contributed by atoms with van der Waals surface area (Å²) in [6.45, 7) is 2.71. The van der Waals surface area contributed by atoms with Gasteiger partial charge in [-0.1, -0.05) is 48.6 Å². The minimum atomic E-state index is -3.54. The van der Waals surface area contributed by atoms with Crippen molar-refractivity contribution in [2.75, 3.05) is 13.6 Å². The van der Waals surface area contributed by atoms with Gasteiger partial charge in [0.2, 0.25) is 0 Å². The van der Waals surface area contributed by atoms with E-state index < -0.39 is 10.2 Å². The maximum atomic E-state index is 11.7. The summed E-state index contributed by atoms with van der Waals surface area (Å²) in [6, 6.07) is 9.39. The summed E-state index contributed by atoms with van der Waals surface area (Å²) < 4.78 is 24.7. The molecule has 0 spiro atoms. The van der Waals surface area contributed by atoms with Crippen LogP contribution >= 0.6 is 0 Å². The number of hydrogen-bond donors (Lipinski definition) is 1. The first kappa shape index (κ1) is 15.1. The summed E-state index contributed by atoms with van der Waals surface area (Å²) in [6.07, 6.45) is 1.78. The number of rotatable bonds is 8. The van der Waals surface area contributed by atoms with Crippen molar-refractivity contribution in [2.45, 2.75) is 26.4 Å². The first-order valence-corrected chi connectivity index (χ1v) is 7.39. The van der Waals surface area contributed by atoms with E-state index in [1.54, 1.807) is 0 Å². The van der Waals surface area contributed by atoms with Gasteiger partial charge in [-0.2, -0.15) is 12.7 Å². The standard InChI is InChI=1S/C12H20N2O3S/c1-3-4-10-14(2)18(15,16)13-17-11-12-8-6-5-7-9-12/h5-9,13H,3-4,10-11H2,1-2H3. The van der Waals surface area contributed by atoms with Crippen LogP contribution in [0.3, 0.4) is 0 Å². The van der Waals surface area contributed by atoms with Crippen molar-refractivity contribution in [3.8, 4) is 0 Å². The van der Waals surface area contributed by atoms with Crippen LogP contribution in [0.1, 0.15) is 25.3 Å². The lowest BCUT2D eigenvalue weighted by atomic mass is 10.2. The van der Waals surface area contributed by atoms with Gasteiger partial charge in [0.1, 0.15) is 0 Å². The van der Waals surface area contributed by atoms with E-state index in [4.69, 9.17) is 4.84 Å². The smallest absolute Gasteiger partial charge is 0.281 e. The van der Waals surface area contributed by atoms with Crippen LogP contribution in [-0.4, -0.2) is 26.3 Å². The van der Waals surface area contributed by atoms with Crippen molar-refractivity contribution in [3.05, 3.63) is 35.9 Å². The van der Waals surface area contributed by atoms with E-state index in [1.165, 1.54) is 11.4 Å². The summed E-state index contributed by atoms with van der Waals surface area (Å²) in [4.78, 5) is 7.12. The third kappa shape index (κ3) is 5.14. The highest BCUT2D eigenvalue weighted by Crippen LogP contribution is 2.01. The lowest BCUT2D eigenvalue weighted by Gasteiger charge is -2.16. The van der Waals surface area contributed by atoms with E-state index in [-0.39, 0.29) is 6.61 Å². The molecule has 0 unspecified atom stereocenters. The minimum absolute atomic E-state index is 0.210. The fourth-order valence-electron chi connectivity index (χ4n) is 1.33. The fraction of sp³-hybridized carbons (Fsp3) is 0.500. The predicted octanol–water partition coefficient (Wildman–Crippen LogP) is 1.68. The molecule has 1 aromatic rings. The predicted molar refractivity (Wildman–Crippen MR) is 70.8 cm³/mol. The first-order chi connectivity index (χ1) is 8.56. The zero-order chi connectivity index (χ0) is 13.4. The van der Waals surface area contributed by atoms with E-state index in [0.29, 0.717) is 6.54 Å². The molecule has 0 saturated heterocycles. The molecule has 0 amide bonds. The molecular weight excluding hydrogens is 252 g/mol. The number of hydrogen-bond acceptors (Lipinski definition) is 3. The van der Waals surface area contributed by atoms with Crippen molar-refractivity contribution in [1.29, 1.82) is 0 Å². The highest BCUT2D eigenvalue weighted by Gasteiger charge is 2.16. The molecule has 0 radical (unpaired) electrons. The maximum Gasteiger partial charge on any atom is 0.301 e. The van der Waals surface area contributed by atoms with Gasteiger partial charge >= 0.3 is 10.2 Å². The van der Waals surface area contributed by atoms with Crippen molar-refractivity contribution in [3.63, 3.8) is 0 Å². The van der Waals surface area contributed by atoms with E-state index in [0.717, 1.165) is 18.4 Å². The summed E-state index contributed by atoms with van der Waals surface area (Å²) in [5.41, 5.74) is 0.913. The Morgan fingerprint density at radius 3 is 2.56 bits per heavy atom. The molecule has 102 valence electrons. The van der Waals surface area contributed by atoms with Crippen molar-refractivity contribution < 1.29 is 13.3 Å². The van der Waals surface area contributed by atoms with Gasteiger partial charge in [-0.25, -0.2) is 0 Å². The summed E-state index contributed by atoms with van der Waals surface area (Å²) >= 11 is 0. The van der Waals surface area contributed by atoms with Crippen LogP contribution in [0.4, 0.5) is 0 Å². The van der Waals surface area contributed by atoms with Gasteiger partial charge in [-0.3, -0.25) is 4.84 Å². The van der Waals surface area contributed by atoms with Gasteiger partial charge in [0.25, 0.3) is 0 Å². The molecular formula is C12H20N2O3S. The van der Waals surface area contributed by atoms with Gasteiger partial charge in [-0.05, 0) is 12.0 Å². The molecule has 1 N–H and O–H groups in total. The molecule has 18 heavy (non-hydrogen) atoms. The van der Waals surface area contributed by atoms with Crippen molar-refractivity contribution in [1.82, 2.24) is 9.19 Å². The van der Waals surface area contributed by atoms with Crippen LogP contribution in [0.25, 0.3) is 0 Å². The normalized spacial score (nSPS) is 11.9. The van der Waals surface area contributed by atoms with Crippen LogP contribution in [0.15, 0.2) is 30.3 Å². The third-order valence-electron chi connectivity index (χ3n) is 2.48. The molecule has 0 fully saturated rings. The topological polar surface area (TPSA) is 58.6 Å². The molecule has 0 aliphatic rings. The Morgan fingerprint density at radius 2 is 1.94 bits per heavy atom. The van der Waals surface area contributed by atoms with Crippen LogP contribution in [0.2, 0.25) is 0 Å². The highest BCUT2D eigenvalue weighted by atomic mass is 32.2. The summed E-state index contributed by atoms with van der Waals surface area (Å²) in [5.74, 6) is 0. The summed E-state index contributed by atoms with van der Waals surface area (Å²) in [7, 11) is -2.01. The second-order valence-corrected chi connectivity index (χ2v) is 5.78. The van der Waals surface area contributed by atoms with Crippen molar-refractivity contribution in [2.24, 2.45) is 0 Å². The average Bonchev–Trinajstić information content (AvgIpc) is 2.37. The molecule has 1 aromatic carbocycles. The Kier molecular flexibility index (Phi) is 6.28. The van der Waals surface area contributed by atoms with E-state index in [9.17, 15) is 8.42 Å². The van der Waals surface area contributed by atoms with E-state index in [1.807, 2.05) is 37.3 Å². The Morgan fingerprint density at radius 1 is 1.28 bits per heavy atom. The number of benzene rings is 1. The zero-order valence-electron chi connectivity index (χ0n) is 10.8. The summed E-state index contributed by atoms with van der Waals surface area (Å²) in [5, 5.41) is 0. The lowest BCUT2D eigenvalue weighted by Crippen LogP contribution is -2.38. The van der Waals surface area contributed by atoms with Gasteiger partial charge in [-0.15, -0.1) is 0 Å². The van der Waals surface area contributed by atoms with Crippen LogP contribution in [0.5, 0.6) is 0 Å². The average molecular weight is 272 g/mol. The highest BCUT2D eigenvalue weighted by molar-refractivity contribution is 7.86. The molecule has 0 saturated carbocycles. The lowest BCUT2D eigenvalue weighted by molar-refractivity contribution is 0.0753.